The summed E-state index contributed by atoms with van der Waals surface area (Å²) < 4.78 is 5.97. The molecule has 2 atom stereocenters. The van der Waals surface area contributed by atoms with Crippen molar-refractivity contribution in [1.82, 2.24) is 4.98 Å². The first-order chi connectivity index (χ1) is 8.15. The van der Waals surface area contributed by atoms with E-state index in [1.807, 2.05) is 12.1 Å². The minimum absolute atomic E-state index is 0.380. The van der Waals surface area contributed by atoms with Crippen LogP contribution in [0.4, 0.5) is 0 Å². The standard InChI is InChI=1S/C14H20ClNO/c1-10-6-11(2)8-13(7-10)17-9-12-4-3-5-16-14(12)15/h3-5,10-11,13H,6-9H2,1-2H3. The van der Waals surface area contributed by atoms with Crippen molar-refractivity contribution in [2.45, 2.75) is 45.8 Å². The summed E-state index contributed by atoms with van der Waals surface area (Å²) >= 11 is 6.01. The zero-order valence-electron chi connectivity index (χ0n) is 10.5. The molecule has 1 saturated carbocycles. The summed E-state index contributed by atoms with van der Waals surface area (Å²) in [5.41, 5.74) is 0.986. The Morgan fingerprint density at radius 3 is 2.65 bits per heavy atom. The van der Waals surface area contributed by atoms with Crippen molar-refractivity contribution in [1.29, 1.82) is 0 Å². The van der Waals surface area contributed by atoms with Crippen LogP contribution in [0.3, 0.4) is 0 Å². The van der Waals surface area contributed by atoms with Crippen molar-refractivity contribution < 1.29 is 4.74 Å². The molecule has 17 heavy (non-hydrogen) atoms. The Morgan fingerprint density at radius 2 is 2.00 bits per heavy atom. The van der Waals surface area contributed by atoms with Gasteiger partial charge in [-0.15, -0.1) is 0 Å². The maximum atomic E-state index is 6.01. The Balaban J connectivity index is 1.88. The minimum atomic E-state index is 0.380. The van der Waals surface area contributed by atoms with E-state index < -0.39 is 0 Å². The molecule has 0 radical (unpaired) electrons. The van der Waals surface area contributed by atoms with E-state index in [0.717, 1.165) is 17.4 Å². The van der Waals surface area contributed by atoms with Crippen molar-refractivity contribution in [3.63, 3.8) is 0 Å². The molecular formula is C14H20ClNO. The average molecular weight is 254 g/mol. The lowest BCUT2D eigenvalue weighted by Gasteiger charge is -2.31. The molecule has 0 spiro atoms. The Bertz CT molecular complexity index is 359. The van der Waals surface area contributed by atoms with Crippen LogP contribution in [-0.2, 0) is 11.3 Å². The summed E-state index contributed by atoms with van der Waals surface area (Å²) in [6.07, 6.45) is 5.75. The normalized spacial score (nSPS) is 29.2. The third-order valence-corrected chi connectivity index (χ3v) is 3.79. The lowest BCUT2D eigenvalue weighted by Crippen LogP contribution is -2.26. The van der Waals surface area contributed by atoms with Gasteiger partial charge in [-0.05, 0) is 37.2 Å². The molecule has 1 aliphatic carbocycles. The highest BCUT2D eigenvalue weighted by Crippen LogP contribution is 2.31. The van der Waals surface area contributed by atoms with E-state index in [0.29, 0.717) is 17.9 Å². The molecule has 1 heterocycles. The predicted molar refractivity (Wildman–Crippen MR) is 70.0 cm³/mol. The monoisotopic (exact) mass is 253 g/mol. The molecule has 2 unspecified atom stereocenters. The lowest BCUT2D eigenvalue weighted by molar-refractivity contribution is -0.00921. The van der Waals surface area contributed by atoms with Crippen molar-refractivity contribution in [3.05, 3.63) is 29.0 Å². The summed E-state index contributed by atoms with van der Waals surface area (Å²) in [5.74, 6) is 1.54. The first-order valence-corrected chi connectivity index (χ1v) is 6.74. The fourth-order valence-electron chi connectivity index (χ4n) is 2.74. The van der Waals surface area contributed by atoms with Gasteiger partial charge >= 0.3 is 0 Å². The van der Waals surface area contributed by atoms with Gasteiger partial charge in [-0.1, -0.05) is 31.5 Å². The third kappa shape index (κ3) is 3.68. The zero-order chi connectivity index (χ0) is 12.3. The van der Waals surface area contributed by atoms with Gasteiger partial charge in [0.2, 0.25) is 0 Å². The second kappa shape index (κ2) is 5.83. The predicted octanol–water partition coefficient (Wildman–Crippen LogP) is 4.08. The Kier molecular flexibility index (Phi) is 4.41. The number of aromatic nitrogens is 1. The van der Waals surface area contributed by atoms with Gasteiger partial charge in [0.1, 0.15) is 5.15 Å². The van der Waals surface area contributed by atoms with E-state index in [1.165, 1.54) is 19.3 Å². The number of halogens is 1. The van der Waals surface area contributed by atoms with E-state index in [9.17, 15) is 0 Å². The maximum Gasteiger partial charge on any atom is 0.134 e. The van der Waals surface area contributed by atoms with Crippen molar-refractivity contribution in [2.24, 2.45) is 11.8 Å². The number of pyridine rings is 1. The van der Waals surface area contributed by atoms with Crippen molar-refractivity contribution in [3.8, 4) is 0 Å². The fourth-order valence-corrected chi connectivity index (χ4v) is 2.92. The van der Waals surface area contributed by atoms with E-state index in [2.05, 4.69) is 18.8 Å². The molecule has 2 nitrogen and oxygen atoms in total. The Morgan fingerprint density at radius 1 is 1.29 bits per heavy atom. The van der Waals surface area contributed by atoms with Gasteiger partial charge in [0.25, 0.3) is 0 Å². The Labute approximate surface area is 108 Å². The second-order valence-electron chi connectivity index (χ2n) is 5.30. The molecule has 94 valence electrons. The lowest BCUT2D eigenvalue weighted by atomic mass is 9.82. The molecule has 1 aromatic rings. The smallest absolute Gasteiger partial charge is 0.134 e. The quantitative estimate of drug-likeness (QED) is 0.758. The SMILES string of the molecule is CC1CC(C)CC(OCc2cccnc2Cl)C1. The molecule has 0 aliphatic heterocycles. The average Bonchev–Trinajstić information content (AvgIpc) is 2.27. The van der Waals surface area contributed by atoms with Gasteiger partial charge in [-0.3, -0.25) is 0 Å². The van der Waals surface area contributed by atoms with Crippen LogP contribution >= 0.6 is 11.6 Å². The first kappa shape index (κ1) is 12.8. The molecule has 0 amide bonds. The number of rotatable bonds is 3. The summed E-state index contributed by atoms with van der Waals surface area (Å²) in [6, 6.07) is 3.88. The van der Waals surface area contributed by atoms with Crippen LogP contribution < -0.4 is 0 Å². The topological polar surface area (TPSA) is 22.1 Å². The van der Waals surface area contributed by atoms with Gasteiger partial charge in [0.05, 0.1) is 12.7 Å². The van der Waals surface area contributed by atoms with E-state index >= 15 is 0 Å². The van der Waals surface area contributed by atoms with Crippen molar-refractivity contribution in [2.75, 3.05) is 0 Å². The van der Waals surface area contributed by atoms with Gasteiger partial charge in [-0.25, -0.2) is 4.98 Å². The van der Waals surface area contributed by atoms with Crippen LogP contribution in [0.1, 0.15) is 38.7 Å². The van der Waals surface area contributed by atoms with E-state index in [1.54, 1.807) is 6.20 Å². The molecule has 0 aromatic carbocycles. The zero-order valence-corrected chi connectivity index (χ0v) is 11.3. The second-order valence-corrected chi connectivity index (χ2v) is 5.66. The van der Waals surface area contributed by atoms with Crippen LogP contribution in [0.2, 0.25) is 5.15 Å². The van der Waals surface area contributed by atoms with Crippen LogP contribution in [0.5, 0.6) is 0 Å². The van der Waals surface area contributed by atoms with Crippen LogP contribution in [0.25, 0.3) is 0 Å². The summed E-state index contributed by atoms with van der Waals surface area (Å²) in [5, 5.41) is 0.560. The summed E-state index contributed by atoms with van der Waals surface area (Å²) in [4.78, 5) is 4.06. The van der Waals surface area contributed by atoms with Gasteiger partial charge in [0, 0.05) is 11.8 Å². The third-order valence-electron chi connectivity index (χ3n) is 3.45. The number of hydrogen-bond acceptors (Lipinski definition) is 2. The largest absolute Gasteiger partial charge is 0.373 e. The number of hydrogen-bond donors (Lipinski definition) is 0. The Hall–Kier alpha value is -0.600. The molecule has 0 N–H and O–H groups in total. The molecule has 0 saturated heterocycles. The van der Waals surface area contributed by atoms with E-state index in [-0.39, 0.29) is 0 Å². The molecular weight excluding hydrogens is 234 g/mol. The summed E-state index contributed by atoms with van der Waals surface area (Å²) in [7, 11) is 0. The van der Waals surface area contributed by atoms with Crippen LogP contribution in [0.15, 0.2) is 18.3 Å². The van der Waals surface area contributed by atoms with Crippen LogP contribution in [0, 0.1) is 11.8 Å². The van der Waals surface area contributed by atoms with Crippen molar-refractivity contribution >= 4 is 11.6 Å². The highest BCUT2D eigenvalue weighted by molar-refractivity contribution is 6.30. The summed E-state index contributed by atoms with van der Waals surface area (Å²) in [6.45, 7) is 5.20. The maximum absolute atomic E-state index is 6.01. The van der Waals surface area contributed by atoms with Gasteiger partial charge in [-0.2, -0.15) is 0 Å². The van der Waals surface area contributed by atoms with Gasteiger partial charge in [0.15, 0.2) is 0 Å². The molecule has 1 aliphatic rings. The van der Waals surface area contributed by atoms with E-state index in [4.69, 9.17) is 16.3 Å². The minimum Gasteiger partial charge on any atom is -0.373 e. The first-order valence-electron chi connectivity index (χ1n) is 6.36. The molecule has 2 rings (SSSR count). The van der Waals surface area contributed by atoms with Gasteiger partial charge < -0.3 is 4.74 Å². The molecule has 3 heteroatoms. The number of nitrogens with zero attached hydrogens (tertiary/aromatic N) is 1. The fraction of sp³-hybridized carbons (Fsp3) is 0.643. The highest BCUT2D eigenvalue weighted by Gasteiger charge is 2.24. The molecule has 1 aromatic heterocycles. The number of ether oxygens (including phenoxy) is 1. The van der Waals surface area contributed by atoms with Crippen LogP contribution in [-0.4, -0.2) is 11.1 Å². The molecule has 0 bridgehead atoms. The molecule has 1 fully saturated rings. The highest BCUT2D eigenvalue weighted by atomic mass is 35.5.